The Balaban J connectivity index is 1.58. The third kappa shape index (κ3) is 3.93. The number of nitrogens with zero attached hydrogens (tertiary/aromatic N) is 3. The van der Waals surface area contributed by atoms with Crippen LogP contribution in [0, 0.1) is 12.8 Å². The second-order valence-electron chi connectivity index (χ2n) is 7.82. The maximum atomic E-state index is 13.1. The SMILES string of the molecule is Cc1cc(NC(=O)C(=O)N2C[C@@H](C)CCC2c2ccc3sc(N)nc3c2)cnc1N. The Bertz CT molecular complexity index is 1130. The zero-order chi connectivity index (χ0) is 21.4. The van der Waals surface area contributed by atoms with Gasteiger partial charge in [0.15, 0.2) is 5.13 Å². The number of anilines is 3. The average Bonchev–Trinajstić information content (AvgIpc) is 3.09. The highest BCUT2D eigenvalue weighted by atomic mass is 32.1. The number of hydrogen-bond acceptors (Lipinski definition) is 7. The molecule has 2 amide bonds. The topological polar surface area (TPSA) is 127 Å². The van der Waals surface area contributed by atoms with Crippen LogP contribution in [-0.4, -0.2) is 33.2 Å². The molecule has 1 aliphatic rings. The lowest BCUT2D eigenvalue weighted by molar-refractivity contribution is -0.146. The molecule has 4 rings (SSSR count). The standard InChI is InChI=1S/C21H24N6O2S/c1-11-3-5-16(13-4-6-17-15(8-13)26-21(23)30-17)27(10-11)20(29)19(28)25-14-7-12(2)18(22)24-9-14/h4,6-9,11,16H,3,5,10H2,1-2H3,(H2,22,24)(H2,23,26)(H,25,28)/t11-,16?/m0/s1. The first-order valence-electron chi connectivity index (χ1n) is 9.82. The number of likely N-dealkylation sites (tertiary alicyclic amines) is 1. The normalized spacial score (nSPS) is 19.1. The van der Waals surface area contributed by atoms with E-state index < -0.39 is 11.8 Å². The minimum Gasteiger partial charge on any atom is -0.383 e. The molecule has 156 valence electrons. The molecule has 1 fully saturated rings. The van der Waals surface area contributed by atoms with E-state index in [1.807, 2.05) is 18.2 Å². The summed E-state index contributed by atoms with van der Waals surface area (Å²) in [5.74, 6) is -0.530. The number of thiazole rings is 1. The lowest BCUT2D eigenvalue weighted by atomic mass is 9.89. The first-order chi connectivity index (χ1) is 14.3. The van der Waals surface area contributed by atoms with Gasteiger partial charge in [0, 0.05) is 6.54 Å². The van der Waals surface area contributed by atoms with E-state index in [9.17, 15) is 9.59 Å². The number of carbonyl (C=O) groups is 2. The van der Waals surface area contributed by atoms with Crippen molar-refractivity contribution in [2.45, 2.75) is 32.7 Å². The summed E-state index contributed by atoms with van der Waals surface area (Å²) >= 11 is 1.43. The number of nitrogens with one attached hydrogen (secondary N) is 1. The number of rotatable bonds is 2. The molecule has 1 aliphatic heterocycles. The number of aromatic nitrogens is 2. The number of carbonyl (C=O) groups excluding carboxylic acids is 2. The quantitative estimate of drug-likeness (QED) is 0.543. The van der Waals surface area contributed by atoms with Crippen molar-refractivity contribution in [3.05, 3.63) is 41.6 Å². The van der Waals surface area contributed by atoms with Gasteiger partial charge in [0.25, 0.3) is 0 Å². The fraction of sp³-hybridized carbons (Fsp3) is 0.333. The largest absolute Gasteiger partial charge is 0.383 e. The lowest BCUT2D eigenvalue weighted by Gasteiger charge is -2.38. The predicted molar refractivity (Wildman–Crippen MR) is 119 cm³/mol. The Labute approximate surface area is 178 Å². The van der Waals surface area contributed by atoms with Crippen molar-refractivity contribution in [1.29, 1.82) is 0 Å². The second kappa shape index (κ2) is 7.91. The van der Waals surface area contributed by atoms with Gasteiger partial charge in [-0.15, -0.1) is 0 Å². The molecule has 3 aromatic rings. The number of nitrogen functional groups attached to an aromatic ring is 2. The molecule has 1 aromatic carbocycles. The van der Waals surface area contributed by atoms with Crippen LogP contribution in [0.25, 0.3) is 10.2 Å². The van der Waals surface area contributed by atoms with Crippen LogP contribution < -0.4 is 16.8 Å². The third-order valence-electron chi connectivity index (χ3n) is 5.46. The molecule has 3 heterocycles. The molecule has 0 spiro atoms. The number of hydrogen-bond donors (Lipinski definition) is 3. The van der Waals surface area contributed by atoms with Gasteiger partial charge in [-0.2, -0.15) is 0 Å². The summed E-state index contributed by atoms with van der Waals surface area (Å²) < 4.78 is 1.00. The Kier molecular flexibility index (Phi) is 5.29. The van der Waals surface area contributed by atoms with E-state index in [-0.39, 0.29) is 6.04 Å². The van der Waals surface area contributed by atoms with Gasteiger partial charge in [-0.05, 0) is 55.0 Å². The number of amides is 2. The fourth-order valence-electron chi connectivity index (χ4n) is 3.86. The minimum atomic E-state index is -0.681. The molecule has 0 radical (unpaired) electrons. The second-order valence-corrected chi connectivity index (χ2v) is 8.88. The van der Waals surface area contributed by atoms with Gasteiger partial charge in [0.1, 0.15) is 5.82 Å². The van der Waals surface area contributed by atoms with E-state index in [2.05, 4.69) is 22.2 Å². The van der Waals surface area contributed by atoms with Gasteiger partial charge in [-0.3, -0.25) is 9.59 Å². The fourth-order valence-corrected chi connectivity index (χ4v) is 4.58. The maximum absolute atomic E-state index is 13.1. The van der Waals surface area contributed by atoms with Crippen LogP contribution in [0.4, 0.5) is 16.6 Å². The van der Waals surface area contributed by atoms with Crippen molar-refractivity contribution in [2.24, 2.45) is 5.92 Å². The molecular weight excluding hydrogens is 400 g/mol. The summed E-state index contributed by atoms with van der Waals surface area (Å²) in [6.45, 7) is 4.41. The van der Waals surface area contributed by atoms with Gasteiger partial charge in [-0.1, -0.05) is 24.3 Å². The van der Waals surface area contributed by atoms with Crippen LogP contribution in [0.2, 0.25) is 0 Å². The van der Waals surface area contributed by atoms with E-state index >= 15 is 0 Å². The van der Waals surface area contributed by atoms with E-state index in [0.29, 0.717) is 29.1 Å². The van der Waals surface area contributed by atoms with Gasteiger partial charge >= 0.3 is 11.8 Å². The highest BCUT2D eigenvalue weighted by molar-refractivity contribution is 7.22. The number of fused-ring (bicyclic) bond motifs is 1. The molecule has 0 saturated carbocycles. The van der Waals surface area contributed by atoms with E-state index in [1.165, 1.54) is 17.5 Å². The van der Waals surface area contributed by atoms with Crippen molar-refractivity contribution in [3.63, 3.8) is 0 Å². The molecule has 30 heavy (non-hydrogen) atoms. The smallest absolute Gasteiger partial charge is 0.313 e. The summed E-state index contributed by atoms with van der Waals surface area (Å²) in [4.78, 5) is 35.9. The van der Waals surface area contributed by atoms with Gasteiger partial charge in [0.2, 0.25) is 0 Å². The minimum absolute atomic E-state index is 0.182. The molecule has 8 nitrogen and oxygen atoms in total. The third-order valence-corrected chi connectivity index (χ3v) is 6.33. The van der Waals surface area contributed by atoms with Crippen LogP contribution in [0.5, 0.6) is 0 Å². The predicted octanol–water partition coefficient (Wildman–Crippen LogP) is 3.10. The van der Waals surface area contributed by atoms with Crippen LogP contribution in [-0.2, 0) is 9.59 Å². The number of piperidine rings is 1. The van der Waals surface area contributed by atoms with Crippen LogP contribution >= 0.6 is 11.3 Å². The average molecular weight is 425 g/mol. The summed E-state index contributed by atoms with van der Waals surface area (Å²) in [5, 5.41) is 3.16. The summed E-state index contributed by atoms with van der Waals surface area (Å²) in [7, 11) is 0. The van der Waals surface area contributed by atoms with Crippen LogP contribution in [0.3, 0.4) is 0 Å². The summed E-state index contributed by atoms with van der Waals surface area (Å²) in [6, 6.07) is 7.45. The van der Waals surface area contributed by atoms with E-state index in [1.54, 1.807) is 17.9 Å². The van der Waals surface area contributed by atoms with E-state index in [4.69, 9.17) is 11.5 Å². The van der Waals surface area contributed by atoms with Crippen molar-refractivity contribution in [1.82, 2.24) is 14.9 Å². The highest BCUT2D eigenvalue weighted by Crippen LogP contribution is 2.35. The van der Waals surface area contributed by atoms with Crippen LogP contribution in [0.15, 0.2) is 30.5 Å². The van der Waals surface area contributed by atoms with Gasteiger partial charge in [0.05, 0.1) is 28.1 Å². The van der Waals surface area contributed by atoms with Gasteiger partial charge in [-0.25, -0.2) is 9.97 Å². The molecule has 2 atom stereocenters. The molecule has 0 aliphatic carbocycles. The maximum Gasteiger partial charge on any atom is 0.313 e. The van der Waals surface area contributed by atoms with Crippen molar-refractivity contribution in [2.75, 3.05) is 23.3 Å². The number of benzene rings is 1. The molecule has 0 bridgehead atoms. The van der Waals surface area contributed by atoms with E-state index in [0.717, 1.165) is 34.2 Å². The van der Waals surface area contributed by atoms with Gasteiger partial charge < -0.3 is 21.7 Å². The zero-order valence-corrected chi connectivity index (χ0v) is 17.7. The Morgan fingerprint density at radius 1 is 1.23 bits per heavy atom. The zero-order valence-electron chi connectivity index (χ0n) is 16.9. The summed E-state index contributed by atoms with van der Waals surface area (Å²) in [6.07, 6.45) is 3.21. The molecule has 1 unspecified atom stereocenters. The molecule has 1 saturated heterocycles. The number of pyridine rings is 1. The van der Waals surface area contributed by atoms with Crippen LogP contribution in [0.1, 0.15) is 36.9 Å². The molecule has 9 heteroatoms. The number of aryl methyl sites for hydroxylation is 1. The highest BCUT2D eigenvalue weighted by Gasteiger charge is 2.34. The lowest BCUT2D eigenvalue weighted by Crippen LogP contribution is -2.46. The Morgan fingerprint density at radius 2 is 2.03 bits per heavy atom. The first-order valence-corrected chi connectivity index (χ1v) is 10.6. The Hall–Kier alpha value is -3.20. The number of nitrogens with two attached hydrogens (primary N) is 2. The van der Waals surface area contributed by atoms with Crippen molar-refractivity contribution >= 4 is 50.0 Å². The Morgan fingerprint density at radius 3 is 2.80 bits per heavy atom. The molecule has 2 aromatic heterocycles. The monoisotopic (exact) mass is 424 g/mol. The summed E-state index contributed by atoms with van der Waals surface area (Å²) in [5.41, 5.74) is 14.5. The van der Waals surface area contributed by atoms with Crippen molar-refractivity contribution in [3.8, 4) is 0 Å². The first kappa shape index (κ1) is 20.1. The van der Waals surface area contributed by atoms with Crippen molar-refractivity contribution < 1.29 is 9.59 Å². The molecular formula is C21H24N6O2S. The molecule has 5 N–H and O–H groups in total.